The minimum absolute atomic E-state index is 0.0941. The summed E-state index contributed by atoms with van der Waals surface area (Å²) >= 11 is 0. The predicted molar refractivity (Wildman–Crippen MR) is 84.3 cm³/mol. The van der Waals surface area contributed by atoms with Crippen LogP contribution in [0.2, 0.25) is 0 Å². The second-order valence-electron chi connectivity index (χ2n) is 5.44. The van der Waals surface area contributed by atoms with E-state index in [9.17, 15) is 13.2 Å². The molecule has 1 heterocycles. The molecule has 1 fully saturated rings. The van der Waals surface area contributed by atoms with E-state index in [2.05, 4.69) is 10.6 Å². The third-order valence-corrected chi connectivity index (χ3v) is 5.67. The van der Waals surface area contributed by atoms with Gasteiger partial charge in [0.1, 0.15) is 9.84 Å². The summed E-state index contributed by atoms with van der Waals surface area (Å²) < 4.78 is 22.7. The minimum atomic E-state index is -2.80. The first-order valence-electron chi connectivity index (χ1n) is 7.27. The molecule has 5 nitrogen and oxygen atoms in total. The van der Waals surface area contributed by atoms with Crippen molar-refractivity contribution < 1.29 is 13.2 Å². The highest BCUT2D eigenvalue weighted by Gasteiger charge is 2.23. The SMILES string of the molecule is CNc1ccccc1C(=O)NCCC1CCS(=O)(=O)CC1. The van der Waals surface area contributed by atoms with Crippen LogP contribution in [0, 0.1) is 5.92 Å². The highest BCUT2D eigenvalue weighted by atomic mass is 32.2. The van der Waals surface area contributed by atoms with Crippen molar-refractivity contribution in [3.05, 3.63) is 29.8 Å². The monoisotopic (exact) mass is 310 g/mol. The fraction of sp³-hybridized carbons (Fsp3) is 0.533. The lowest BCUT2D eigenvalue weighted by Gasteiger charge is -2.21. The molecule has 116 valence electrons. The van der Waals surface area contributed by atoms with Gasteiger partial charge in [-0.05, 0) is 37.3 Å². The van der Waals surface area contributed by atoms with Gasteiger partial charge in [-0.2, -0.15) is 0 Å². The number of benzene rings is 1. The van der Waals surface area contributed by atoms with Crippen LogP contribution in [0.25, 0.3) is 0 Å². The molecular formula is C15H22N2O3S. The van der Waals surface area contributed by atoms with Crippen molar-refractivity contribution in [1.82, 2.24) is 5.32 Å². The van der Waals surface area contributed by atoms with E-state index in [1.165, 1.54) is 0 Å². The van der Waals surface area contributed by atoms with E-state index in [0.29, 0.717) is 30.9 Å². The number of rotatable bonds is 5. The molecule has 2 N–H and O–H groups in total. The molecular weight excluding hydrogens is 288 g/mol. The summed E-state index contributed by atoms with van der Waals surface area (Å²) in [4.78, 5) is 12.1. The summed E-state index contributed by atoms with van der Waals surface area (Å²) in [6.07, 6.45) is 2.26. The fourth-order valence-electron chi connectivity index (χ4n) is 2.61. The molecule has 1 aliphatic rings. The third kappa shape index (κ3) is 4.46. The smallest absolute Gasteiger partial charge is 0.253 e. The Morgan fingerprint density at radius 1 is 1.24 bits per heavy atom. The van der Waals surface area contributed by atoms with Crippen molar-refractivity contribution in [2.24, 2.45) is 5.92 Å². The van der Waals surface area contributed by atoms with Crippen molar-refractivity contribution in [2.45, 2.75) is 19.3 Å². The molecule has 0 saturated carbocycles. The van der Waals surface area contributed by atoms with E-state index < -0.39 is 9.84 Å². The van der Waals surface area contributed by atoms with Crippen LogP contribution in [0.3, 0.4) is 0 Å². The first-order valence-corrected chi connectivity index (χ1v) is 9.09. The van der Waals surface area contributed by atoms with Crippen LogP contribution in [-0.2, 0) is 9.84 Å². The summed E-state index contributed by atoms with van der Waals surface area (Å²) in [6, 6.07) is 7.36. The standard InChI is InChI=1S/C15H22N2O3S/c1-16-14-5-3-2-4-13(14)15(18)17-9-6-12-7-10-21(19,20)11-8-12/h2-5,12,16H,6-11H2,1H3,(H,17,18). The van der Waals surface area contributed by atoms with Gasteiger partial charge in [0, 0.05) is 19.3 Å². The van der Waals surface area contributed by atoms with E-state index >= 15 is 0 Å². The van der Waals surface area contributed by atoms with Crippen molar-refractivity contribution >= 4 is 21.4 Å². The predicted octanol–water partition coefficient (Wildman–Crippen LogP) is 1.67. The lowest BCUT2D eigenvalue weighted by molar-refractivity contribution is 0.0952. The molecule has 0 aliphatic carbocycles. The van der Waals surface area contributed by atoms with Gasteiger partial charge < -0.3 is 10.6 Å². The number of hydrogen-bond acceptors (Lipinski definition) is 4. The third-order valence-electron chi connectivity index (χ3n) is 3.95. The summed E-state index contributed by atoms with van der Waals surface area (Å²) in [7, 11) is -1.02. The second kappa shape index (κ2) is 6.93. The molecule has 0 spiro atoms. The van der Waals surface area contributed by atoms with Gasteiger partial charge in [0.15, 0.2) is 0 Å². The van der Waals surface area contributed by atoms with Crippen molar-refractivity contribution in [3.8, 4) is 0 Å². The number of para-hydroxylation sites is 1. The number of nitrogens with one attached hydrogen (secondary N) is 2. The lowest BCUT2D eigenvalue weighted by Crippen LogP contribution is -2.29. The van der Waals surface area contributed by atoms with E-state index in [1.54, 1.807) is 13.1 Å². The van der Waals surface area contributed by atoms with Crippen LogP contribution in [-0.4, -0.2) is 39.4 Å². The van der Waals surface area contributed by atoms with Gasteiger partial charge >= 0.3 is 0 Å². The molecule has 0 radical (unpaired) electrons. The summed E-state index contributed by atoms with van der Waals surface area (Å²) in [6.45, 7) is 0.585. The van der Waals surface area contributed by atoms with Crippen molar-refractivity contribution in [1.29, 1.82) is 0 Å². The maximum absolute atomic E-state index is 12.1. The number of amides is 1. The highest BCUT2D eigenvalue weighted by Crippen LogP contribution is 2.21. The average molecular weight is 310 g/mol. The Hall–Kier alpha value is -1.56. The van der Waals surface area contributed by atoms with Gasteiger partial charge in [0.25, 0.3) is 5.91 Å². The topological polar surface area (TPSA) is 75.3 Å². The van der Waals surface area contributed by atoms with Crippen LogP contribution < -0.4 is 10.6 Å². The van der Waals surface area contributed by atoms with E-state index in [-0.39, 0.29) is 17.4 Å². The van der Waals surface area contributed by atoms with Gasteiger partial charge in [-0.3, -0.25) is 4.79 Å². The number of sulfone groups is 1. The molecule has 0 aromatic heterocycles. The van der Waals surface area contributed by atoms with Gasteiger partial charge in [0.2, 0.25) is 0 Å². The zero-order chi connectivity index (χ0) is 15.3. The van der Waals surface area contributed by atoms with E-state index in [4.69, 9.17) is 0 Å². The molecule has 6 heteroatoms. The van der Waals surface area contributed by atoms with Crippen LogP contribution in [0.4, 0.5) is 5.69 Å². The van der Waals surface area contributed by atoms with Crippen molar-refractivity contribution in [3.63, 3.8) is 0 Å². The van der Waals surface area contributed by atoms with Crippen LogP contribution in [0.15, 0.2) is 24.3 Å². The molecule has 1 aliphatic heterocycles. The van der Waals surface area contributed by atoms with Gasteiger partial charge in [0.05, 0.1) is 17.1 Å². The van der Waals surface area contributed by atoms with Crippen LogP contribution in [0.1, 0.15) is 29.6 Å². The molecule has 0 atom stereocenters. The largest absolute Gasteiger partial charge is 0.387 e. The van der Waals surface area contributed by atoms with Gasteiger partial charge in [-0.1, -0.05) is 12.1 Å². The summed E-state index contributed by atoms with van der Waals surface area (Å²) in [5.74, 6) is 0.874. The molecule has 2 rings (SSSR count). The molecule has 21 heavy (non-hydrogen) atoms. The maximum atomic E-state index is 12.1. The van der Waals surface area contributed by atoms with Crippen molar-refractivity contribution in [2.75, 3.05) is 30.4 Å². The average Bonchev–Trinajstić information content (AvgIpc) is 2.48. The number of hydrogen-bond donors (Lipinski definition) is 2. The second-order valence-corrected chi connectivity index (χ2v) is 7.74. The first kappa shape index (κ1) is 15.8. The quantitative estimate of drug-likeness (QED) is 0.867. The number of carbonyl (C=O) groups is 1. The zero-order valence-electron chi connectivity index (χ0n) is 12.3. The summed E-state index contributed by atoms with van der Waals surface area (Å²) in [5, 5.41) is 5.91. The lowest BCUT2D eigenvalue weighted by atomic mass is 9.99. The number of carbonyl (C=O) groups excluding carboxylic acids is 1. The number of anilines is 1. The molecule has 1 aromatic carbocycles. The van der Waals surface area contributed by atoms with Gasteiger partial charge in [-0.15, -0.1) is 0 Å². The normalized spacial score (nSPS) is 18.1. The Kier molecular flexibility index (Phi) is 5.22. The Morgan fingerprint density at radius 2 is 1.90 bits per heavy atom. The molecule has 1 aromatic rings. The summed E-state index contributed by atoms with van der Waals surface area (Å²) in [5.41, 5.74) is 1.44. The van der Waals surface area contributed by atoms with Gasteiger partial charge in [-0.25, -0.2) is 8.42 Å². The maximum Gasteiger partial charge on any atom is 0.253 e. The molecule has 0 bridgehead atoms. The molecule has 0 unspecified atom stereocenters. The van der Waals surface area contributed by atoms with E-state index in [1.807, 2.05) is 18.2 Å². The van der Waals surface area contributed by atoms with E-state index in [0.717, 1.165) is 12.1 Å². The molecule has 1 amide bonds. The Balaban J connectivity index is 1.80. The zero-order valence-corrected chi connectivity index (χ0v) is 13.1. The first-order chi connectivity index (χ1) is 10.0. The Bertz CT molecular complexity index is 585. The Morgan fingerprint density at radius 3 is 2.57 bits per heavy atom. The fourth-order valence-corrected chi connectivity index (χ4v) is 4.20. The molecule has 1 saturated heterocycles. The highest BCUT2D eigenvalue weighted by molar-refractivity contribution is 7.91. The van der Waals surface area contributed by atoms with Crippen LogP contribution in [0.5, 0.6) is 0 Å². The Labute approximate surface area is 126 Å². The minimum Gasteiger partial charge on any atom is -0.387 e. The van der Waals surface area contributed by atoms with Crippen LogP contribution >= 0.6 is 0 Å².